The topological polar surface area (TPSA) is 101 Å². The maximum Gasteiger partial charge on any atom is 0.419 e. The van der Waals surface area contributed by atoms with Gasteiger partial charge in [0.25, 0.3) is 5.91 Å². The summed E-state index contributed by atoms with van der Waals surface area (Å²) >= 11 is 1.17. The largest absolute Gasteiger partial charge is 0.419 e. The minimum atomic E-state index is -4.79. The Balaban J connectivity index is 1.77. The molecule has 1 aromatic carbocycles. The fourth-order valence-electron chi connectivity index (χ4n) is 2.58. The molecule has 11 heteroatoms. The third-order valence-electron chi connectivity index (χ3n) is 4.02. The highest BCUT2D eigenvalue weighted by molar-refractivity contribution is 7.09. The number of amides is 1. The molecule has 1 unspecified atom stereocenters. The molecule has 152 valence electrons. The summed E-state index contributed by atoms with van der Waals surface area (Å²) in [5, 5.41) is 4.64. The number of hydrogen-bond donors (Lipinski definition) is 3. The van der Waals surface area contributed by atoms with Crippen LogP contribution in [0.1, 0.15) is 37.6 Å². The molecule has 0 saturated heterocycles. The normalized spacial score (nSPS) is 12.6. The average Bonchev–Trinajstić information content (AvgIpc) is 3.34. The van der Waals surface area contributed by atoms with Crippen LogP contribution in [0.15, 0.2) is 35.7 Å². The highest BCUT2D eigenvalue weighted by Crippen LogP contribution is 2.33. The zero-order valence-corrected chi connectivity index (χ0v) is 15.4. The minimum absolute atomic E-state index is 0.0369. The predicted octanol–water partition coefficient (Wildman–Crippen LogP) is 3.54. The van der Waals surface area contributed by atoms with E-state index >= 15 is 0 Å². The SMILES string of the molecule is NCC(NC(=O)c1ccc(-c2ccc(C(F)(F)F)c(F)c2)[nH]1)c1nc(C=O)cs1. The number of aldehydes is 1. The van der Waals surface area contributed by atoms with Crippen molar-refractivity contribution in [2.75, 3.05) is 6.54 Å². The molecule has 0 aliphatic rings. The Labute approximate surface area is 165 Å². The van der Waals surface area contributed by atoms with Crippen LogP contribution in [-0.4, -0.2) is 28.7 Å². The molecular formula is C18H14F4N4O2S. The Morgan fingerprint density at radius 2 is 2.07 bits per heavy atom. The first kappa shape index (κ1) is 20.7. The average molecular weight is 426 g/mol. The Bertz CT molecular complexity index is 1040. The van der Waals surface area contributed by atoms with E-state index in [2.05, 4.69) is 15.3 Å². The van der Waals surface area contributed by atoms with Gasteiger partial charge in [-0.05, 0) is 24.3 Å². The summed E-state index contributed by atoms with van der Waals surface area (Å²) in [6.45, 7) is 0.0369. The first-order chi connectivity index (χ1) is 13.7. The molecule has 29 heavy (non-hydrogen) atoms. The second kappa shape index (κ2) is 8.13. The summed E-state index contributed by atoms with van der Waals surface area (Å²) < 4.78 is 51.8. The molecule has 1 amide bonds. The van der Waals surface area contributed by atoms with E-state index < -0.39 is 29.5 Å². The molecular weight excluding hydrogens is 412 g/mol. The van der Waals surface area contributed by atoms with Crippen molar-refractivity contribution in [3.8, 4) is 11.3 Å². The molecule has 3 rings (SSSR count). The van der Waals surface area contributed by atoms with Crippen LogP contribution in [0.25, 0.3) is 11.3 Å². The van der Waals surface area contributed by atoms with E-state index in [1.54, 1.807) is 0 Å². The molecule has 0 spiro atoms. The zero-order valence-electron chi connectivity index (χ0n) is 14.6. The molecule has 0 bridgehead atoms. The molecule has 6 nitrogen and oxygen atoms in total. The summed E-state index contributed by atoms with van der Waals surface area (Å²) in [6.07, 6.45) is -4.21. The molecule has 0 aliphatic heterocycles. The molecule has 0 radical (unpaired) electrons. The van der Waals surface area contributed by atoms with Gasteiger partial charge in [0.2, 0.25) is 0 Å². The molecule has 4 N–H and O–H groups in total. The number of aromatic amines is 1. The van der Waals surface area contributed by atoms with Crippen molar-refractivity contribution in [3.63, 3.8) is 0 Å². The number of H-pyrrole nitrogens is 1. The summed E-state index contributed by atoms with van der Waals surface area (Å²) in [7, 11) is 0. The molecule has 1 atom stereocenters. The van der Waals surface area contributed by atoms with E-state index in [-0.39, 0.29) is 29.2 Å². The first-order valence-corrected chi connectivity index (χ1v) is 9.08. The van der Waals surface area contributed by atoms with Crippen molar-refractivity contribution in [1.82, 2.24) is 15.3 Å². The Hall–Kier alpha value is -3.05. The summed E-state index contributed by atoms with van der Waals surface area (Å²) in [5.41, 5.74) is 5.05. The van der Waals surface area contributed by atoms with Crippen LogP contribution in [0.5, 0.6) is 0 Å². The molecule has 0 fully saturated rings. The number of halogens is 4. The van der Waals surface area contributed by atoms with E-state index in [0.717, 1.165) is 12.1 Å². The number of thiazole rings is 1. The number of alkyl halides is 3. The number of nitrogens with two attached hydrogens (primary N) is 1. The van der Waals surface area contributed by atoms with Crippen molar-refractivity contribution in [1.29, 1.82) is 0 Å². The smallest absolute Gasteiger partial charge is 0.351 e. The Morgan fingerprint density at radius 3 is 2.66 bits per heavy atom. The van der Waals surface area contributed by atoms with Gasteiger partial charge in [0.15, 0.2) is 6.29 Å². The fourth-order valence-corrected chi connectivity index (χ4v) is 3.41. The maximum absolute atomic E-state index is 13.8. The van der Waals surface area contributed by atoms with Gasteiger partial charge in [-0.1, -0.05) is 6.07 Å². The Morgan fingerprint density at radius 1 is 1.31 bits per heavy atom. The first-order valence-electron chi connectivity index (χ1n) is 8.20. The fraction of sp³-hybridized carbons (Fsp3) is 0.167. The lowest BCUT2D eigenvalue weighted by molar-refractivity contribution is -0.139. The highest BCUT2D eigenvalue weighted by Gasteiger charge is 2.34. The second-order valence-corrected chi connectivity index (χ2v) is 6.86. The predicted molar refractivity (Wildman–Crippen MR) is 98.0 cm³/mol. The third-order valence-corrected chi connectivity index (χ3v) is 4.99. The molecule has 0 saturated carbocycles. The van der Waals surface area contributed by atoms with Crippen LogP contribution in [0.3, 0.4) is 0 Å². The molecule has 2 heterocycles. The monoisotopic (exact) mass is 426 g/mol. The van der Waals surface area contributed by atoms with Gasteiger partial charge >= 0.3 is 6.18 Å². The van der Waals surface area contributed by atoms with Gasteiger partial charge in [-0.3, -0.25) is 9.59 Å². The number of carbonyl (C=O) groups excluding carboxylic acids is 2. The van der Waals surface area contributed by atoms with E-state index in [0.29, 0.717) is 17.4 Å². The van der Waals surface area contributed by atoms with Gasteiger partial charge in [0.05, 0.1) is 11.6 Å². The van der Waals surface area contributed by atoms with Gasteiger partial charge in [-0.25, -0.2) is 9.37 Å². The number of nitrogens with one attached hydrogen (secondary N) is 2. The summed E-state index contributed by atoms with van der Waals surface area (Å²) in [4.78, 5) is 30.0. The Kier molecular flexibility index (Phi) is 5.80. The van der Waals surface area contributed by atoms with Crippen molar-refractivity contribution < 1.29 is 27.2 Å². The number of carbonyl (C=O) groups is 2. The van der Waals surface area contributed by atoms with Crippen LogP contribution >= 0.6 is 11.3 Å². The number of nitrogens with zero attached hydrogens (tertiary/aromatic N) is 1. The van der Waals surface area contributed by atoms with Crippen LogP contribution in [0.4, 0.5) is 17.6 Å². The molecule has 3 aromatic rings. The van der Waals surface area contributed by atoms with Crippen LogP contribution in [0, 0.1) is 5.82 Å². The lowest BCUT2D eigenvalue weighted by Crippen LogP contribution is -2.33. The standard InChI is InChI=1S/C18H14F4N4O2S/c19-12-5-9(1-2-11(12)18(20,21)22)13-3-4-14(25-13)16(28)26-15(6-23)17-24-10(7-27)8-29-17/h1-5,7-8,15,25H,6,23H2,(H,26,28). The number of rotatable bonds is 6. The number of benzene rings is 1. The van der Waals surface area contributed by atoms with Gasteiger partial charge < -0.3 is 16.0 Å². The van der Waals surface area contributed by atoms with Crippen molar-refractivity contribution in [2.45, 2.75) is 12.2 Å². The molecule has 0 aliphatic carbocycles. The summed E-state index contributed by atoms with van der Waals surface area (Å²) in [5.74, 6) is -1.95. The lowest BCUT2D eigenvalue weighted by atomic mass is 10.1. The zero-order chi connectivity index (χ0) is 21.2. The van der Waals surface area contributed by atoms with Crippen LogP contribution < -0.4 is 11.1 Å². The summed E-state index contributed by atoms with van der Waals surface area (Å²) in [6, 6.07) is 4.72. The van der Waals surface area contributed by atoms with Gasteiger partial charge in [-0.15, -0.1) is 11.3 Å². The van der Waals surface area contributed by atoms with E-state index in [4.69, 9.17) is 5.73 Å². The van der Waals surface area contributed by atoms with Gasteiger partial charge in [0.1, 0.15) is 22.2 Å². The van der Waals surface area contributed by atoms with Gasteiger partial charge in [-0.2, -0.15) is 13.2 Å². The van der Waals surface area contributed by atoms with Crippen molar-refractivity contribution >= 4 is 23.5 Å². The second-order valence-electron chi connectivity index (χ2n) is 5.97. The van der Waals surface area contributed by atoms with Crippen molar-refractivity contribution in [2.24, 2.45) is 5.73 Å². The van der Waals surface area contributed by atoms with E-state index in [9.17, 15) is 27.2 Å². The highest BCUT2D eigenvalue weighted by atomic mass is 32.1. The number of aromatic nitrogens is 2. The quantitative estimate of drug-likeness (QED) is 0.415. The third kappa shape index (κ3) is 4.51. The lowest BCUT2D eigenvalue weighted by Gasteiger charge is -2.13. The van der Waals surface area contributed by atoms with Crippen LogP contribution in [-0.2, 0) is 6.18 Å². The van der Waals surface area contributed by atoms with Crippen molar-refractivity contribution in [3.05, 3.63) is 63.5 Å². The molecule has 2 aromatic heterocycles. The van der Waals surface area contributed by atoms with E-state index in [1.807, 2.05) is 0 Å². The number of hydrogen-bond acceptors (Lipinski definition) is 5. The maximum atomic E-state index is 13.8. The van der Waals surface area contributed by atoms with Gasteiger partial charge in [0, 0.05) is 23.2 Å². The van der Waals surface area contributed by atoms with E-state index in [1.165, 1.54) is 28.8 Å². The van der Waals surface area contributed by atoms with Crippen LogP contribution in [0.2, 0.25) is 0 Å². The minimum Gasteiger partial charge on any atom is -0.351 e.